The van der Waals surface area contributed by atoms with Crippen molar-refractivity contribution in [3.8, 4) is 6.07 Å². The molecule has 0 unspecified atom stereocenters. The molecule has 0 bridgehead atoms. The molecule has 0 amide bonds. The van der Waals surface area contributed by atoms with E-state index < -0.39 is 0 Å². The number of nitrogens with zero attached hydrogens (tertiary/aromatic N) is 2. The van der Waals surface area contributed by atoms with Gasteiger partial charge < -0.3 is 0 Å². The van der Waals surface area contributed by atoms with Gasteiger partial charge in [0.25, 0.3) is 0 Å². The second-order valence-electron chi connectivity index (χ2n) is 2.02. The number of halogens is 1. The lowest BCUT2D eigenvalue weighted by Gasteiger charge is -1.98. The van der Waals surface area contributed by atoms with E-state index in [1.54, 1.807) is 11.8 Å². The molecule has 0 fully saturated rings. The first-order chi connectivity index (χ1) is 5.77. The van der Waals surface area contributed by atoms with E-state index in [1.165, 1.54) is 0 Å². The van der Waals surface area contributed by atoms with Crippen LogP contribution in [0.1, 0.15) is 12.6 Å². The molecule has 0 aliphatic rings. The molecule has 1 aromatic rings. The first-order valence-electron chi connectivity index (χ1n) is 3.47. The summed E-state index contributed by atoms with van der Waals surface area (Å²) in [7, 11) is 0. The number of rotatable bonds is 2. The molecule has 0 aliphatic heterocycles. The van der Waals surface area contributed by atoms with Crippen LogP contribution in [0.4, 0.5) is 0 Å². The maximum absolute atomic E-state index is 8.66. The van der Waals surface area contributed by atoms with E-state index in [0.29, 0.717) is 5.69 Å². The first kappa shape index (κ1) is 9.56. The Bertz CT molecular complexity index is 319. The normalized spacial score (nSPS) is 9.42. The predicted molar refractivity (Wildman–Crippen MR) is 53.1 cm³/mol. The quantitative estimate of drug-likeness (QED) is 0.749. The Morgan fingerprint density at radius 1 is 1.67 bits per heavy atom. The van der Waals surface area contributed by atoms with Gasteiger partial charge in [-0.1, -0.05) is 6.92 Å². The van der Waals surface area contributed by atoms with Crippen LogP contribution in [0.25, 0.3) is 0 Å². The molecule has 1 aromatic heterocycles. The summed E-state index contributed by atoms with van der Waals surface area (Å²) in [5.41, 5.74) is 0.452. The van der Waals surface area contributed by atoms with Crippen molar-refractivity contribution in [1.29, 1.82) is 5.26 Å². The molecule has 1 rings (SSSR count). The minimum Gasteiger partial charge on any atom is -0.230 e. The third-order valence-electron chi connectivity index (χ3n) is 1.22. The summed E-state index contributed by atoms with van der Waals surface area (Å²) in [6.07, 6.45) is 0. The summed E-state index contributed by atoms with van der Waals surface area (Å²) in [6, 6.07) is 5.78. The molecule has 0 saturated carbocycles. The average molecular weight is 243 g/mol. The topological polar surface area (TPSA) is 36.7 Å². The number of nitriles is 1. The van der Waals surface area contributed by atoms with Gasteiger partial charge >= 0.3 is 0 Å². The molecule has 62 valence electrons. The Balaban J connectivity index is 2.99. The van der Waals surface area contributed by atoms with Gasteiger partial charge in [-0.2, -0.15) is 5.26 Å². The van der Waals surface area contributed by atoms with Crippen LogP contribution in [0.15, 0.2) is 21.6 Å². The fourth-order valence-corrected chi connectivity index (χ4v) is 1.66. The third kappa shape index (κ3) is 2.23. The molecule has 0 N–H and O–H groups in total. The van der Waals surface area contributed by atoms with Crippen molar-refractivity contribution in [1.82, 2.24) is 4.98 Å². The minimum atomic E-state index is 0.452. The summed E-state index contributed by atoms with van der Waals surface area (Å²) >= 11 is 4.88. The van der Waals surface area contributed by atoms with E-state index in [4.69, 9.17) is 5.26 Å². The lowest BCUT2D eigenvalue weighted by molar-refractivity contribution is 1.09. The lowest BCUT2D eigenvalue weighted by Crippen LogP contribution is -1.86. The Labute approximate surface area is 84.1 Å². The van der Waals surface area contributed by atoms with E-state index >= 15 is 0 Å². The van der Waals surface area contributed by atoms with E-state index in [1.807, 2.05) is 18.2 Å². The van der Waals surface area contributed by atoms with Crippen molar-refractivity contribution in [2.75, 3.05) is 5.75 Å². The fourth-order valence-electron chi connectivity index (χ4n) is 0.731. The molecule has 0 spiro atoms. The highest BCUT2D eigenvalue weighted by molar-refractivity contribution is 9.10. The maximum Gasteiger partial charge on any atom is 0.155 e. The van der Waals surface area contributed by atoms with Gasteiger partial charge in [0.15, 0.2) is 5.69 Å². The Hall–Kier alpha value is -0.530. The zero-order valence-corrected chi connectivity index (χ0v) is 8.94. The van der Waals surface area contributed by atoms with Crippen molar-refractivity contribution < 1.29 is 0 Å². The van der Waals surface area contributed by atoms with Crippen molar-refractivity contribution >= 4 is 27.7 Å². The van der Waals surface area contributed by atoms with Gasteiger partial charge in [0.05, 0.1) is 9.50 Å². The Morgan fingerprint density at radius 2 is 2.42 bits per heavy atom. The fraction of sp³-hybridized carbons (Fsp3) is 0.250. The van der Waals surface area contributed by atoms with Gasteiger partial charge in [0.1, 0.15) is 6.07 Å². The van der Waals surface area contributed by atoms with Crippen LogP contribution < -0.4 is 0 Å². The van der Waals surface area contributed by atoms with E-state index in [-0.39, 0.29) is 0 Å². The van der Waals surface area contributed by atoms with Crippen LogP contribution in [-0.2, 0) is 0 Å². The monoisotopic (exact) mass is 242 g/mol. The van der Waals surface area contributed by atoms with E-state index in [0.717, 1.165) is 15.3 Å². The molecule has 12 heavy (non-hydrogen) atoms. The summed E-state index contributed by atoms with van der Waals surface area (Å²) < 4.78 is 0.755. The van der Waals surface area contributed by atoms with Gasteiger partial charge in [-0.05, 0) is 33.8 Å². The molecule has 0 atom stereocenters. The molecule has 0 saturated heterocycles. The molecule has 1 heterocycles. The van der Waals surface area contributed by atoms with Crippen molar-refractivity contribution in [3.05, 3.63) is 22.3 Å². The van der Waals surface area contributed by atoms with Crippen LogP contribution >= 0.6 is 27.7 Å². The van der Waals surface area contributed by atoms with Gasteiger partial charge in [-0.3, -0.25) is 0 Å². The highest BCUT2D eigenvalue weighted by Gasteiger charge is 2.01. The number of hydrogen-bond donors (Lipinski definition) is 0. The van der Waals surface area contributed by atoms with Crippen LogP contribution in [0, 0.1) is 11.3 Å². The van der Waals surface area contributed by atoms with Crippen molar-refractivity contribution in [3.63, 3.8) is 0 Å². The smallest absolute Gasteiger partial charge is 0.155 e. The van der Waals surface area contributed by atoms with Crippen LogP contribution in [0.3, 0.4) is 0 Å². The van der Waals surface area contributed by atoms with Gasteiger partial charge in [-0.15, -0.1) is 11.8 Å². The summed E-state index contributed by atoms with van der Waals surface area (Å²) in [5, 5.41) is 9.56. The predicted octanol–water partition coefficient (Wildman–Crippen LogP) is 2.83. The van der Waals surface area contributed by atoms with Crippen molar-refractivity contribution in [2.45, 2.75) is 11.9 Å². The molecule has 0 radical (unpaired) electrons. The van der Waals surface area contributed by atoms with Gasteiger partial charge in [0.2, 0.25) is 0 Å². The van der Waals surface area contributed by atoms with Crippen LogP contribution in [-0.4, -0.2) is 10.7 Å². The Morgan fingerprint density at radius 3 is 3.00 bits per heavy atom. The van der Waals surface area contributed by atoms with Crippen molar-refractivity contribution in [2.24, 2.45) is 0 Å². The second kappa shape index (κ2) is 4.48. The first-order valence-corrected chi connectivity index (χ1v) is 5.25. The van der Waals surface area contributed by atoms with E-state index in [9.17, 15) is 0 Å². The summed E-state index contributed by atoms with van der Waals surface area (Å²) in [5.74, 6) is 0.972. The summed E-state index contributed by atoms with van der Waals surface area (Å²) in [6.45, 7) is 2.06. The summed E-state index contributed by atoms with van der Waals surface area (Å²) in [4.78, 5) is 4.14. The molecular weight excluding hydrogens is 236 g/mol. The van der Waals surface area contributed by atoms with Gasteiger partial charge in [0, 0.05) is 0 Å². The van der Waals surface area contributed by atoms with E-state index in [2.05, 4.69) is 27.8 Å². The molecule has 2 nitrogen and oxygen atoms in total. The largest absolute Gasteiger partial charge is 0.230 e. The molecule has 4 heteroatoms. The number of thioether (sulfide) groups is 1. The average Bonchev–Trinajstić information content (AvgIpc) is 2.09. The number of pyridine rings is 1. The van der Waals surface area contributed by atoms with Crippen LogP contribution in [0.2, 0.25) is 0 Å². The molecule has 0 aliphatic carbocycles. The Kier molecular flexibility index (Phi) is 3.57. The highest BCUT2D eigenvalue weighted by atomic mass is 79.9. The minimum absolute atomic E-state index is 0.452. The molecule has 0 aromatic carbocycles. The highest BCUT2D eigenvalue weighted by Crippen LogP contribution is 2.20. The standard InChI is InChI=1S/C8H7BrN2S/c1-2-12-8-4-3-6(9)7(5-10)11-8/h3-4H,2H2,1H3. The number of aromatic nitrogens is 1. The zero-order valence-electron chi connectivity index (χ0n) is 6.54. The maximum atomic E-state index is 8.66. The second-order valence-corrected chi connectivity index (χ2v) is 4.16. The SMILES string of the molecule is CCSc1ccc(Br)c(C#N)n1. The zero-order chi connectivity index (χ0) is 8.97. The third-order valence-corrected chi connectivity index (χ3v) is 2.67. The number of hydrogen-bond acceptors (Lipinski definition) is 3. The lowest BCUT2D eigenvalue weighted by atomic mass is 10.4. The molecular formula is C8H7BrN2S. The van der Waals surface area contributed by atoms with Crippen LogP contribution in [0.5, 0.6) is 0 Å². The van der Waals surface area contributed by atoms with Gasteiger partial charge in [-0.25, -0.2) is 4.98 Å².